The Kier molecular flexibility index (Phi) is 3.72. The molecule has 1 aromatic heterocycles. The van der Waals surface area contributed by atoms with Gasteiger partial charge >= 0.3 is 0 Å². The lowest BCUT2D eigenvalue weighted by atomic mass is 10.2. The number of aromatic nitrogens is 2. The number of rotatable bonds is 5. The van der Waals surface area contributed by atoms with E-state index in [1.54, 1.807) is 0 Å². The van der Waals surface area contributed by atoms with Crippen molar-refractivity contribution < 1.29 is 4.23 Å². The SMILES string of the molecule is C=CCc1[nH]cc[n+]1[SiH2]Cc1ccccc1. The minimum absolute atomic E-state index is 0.279. The first-order valence-electron chi connectivity index (χ1n) is 5.60. The topological polar surface area (TPSA) is 19.7 Å². The van der Waals surface area contributed by atoms with E-state index in [2.05, 4.69) is 52.3 Å². The van der Waals surface area contributed by atoms with Gasteiger partial charge in [0.05, 0.1) is 6.42 Å². The molecular weight excluding hydrogens is 212 g/mol. The monoisotopic (exact) mass is 229 g/mol. The molecule has 1 N–H and O–H groups in total. The summed E-state index contributed by atoms with van der Waals surface area (Å²) in [5.74, 6) is 1.28. The summed E-state index contributed by atoms with van der Waals surface area (Å²) in [4.78, 5) is 3.27. The molecule has 82 valence electrons. The lowest BCUT2D eigenvalue weighted by molar-refractivity contribution is -0.537. The Bertz CT molecular complexity index is 448. The number of aromatic amines is 1. The van der Waals surface area contributed by atoms with Crippen LogP contribution in [0.25, 0.3) is 0 Å². The fourth-order valence-electron chi connectivity index (χ4n) is 1.81. The molecule has 3 heteroatoms. The number of allylic oxidation sites excluding steroid dienone is 1. The Labute approximate surface area is 98.6 Å². The van der Waals surface area contributed by atoms with Gasteiger partial charge in [-0.2, -0.15) is 0 Å². The molecule has 0 saturated carbocycles. The number of nitrogens with zero attached hydrogens (tertiary/aromatic N) is 1. The molecule has 2 nitrogen and oxygen atoms in total. The molecule has 0 aliphatic rings. The fraction of sp³-hybridized carbons (Fsp3) is 0.154. The van der Waals surface area contributed by atoms with Gasteiger partial charge in [0.15, 0.2) is 0 Å². The van der Waals surface area contributed by atoms with Crippen molar-refractivity contribution in [2.45, 2.75) is 12.5 Å². The molecule has 1 aromatic carbocycles. The molecule has 0 radical (unpaired) electrons. The molecule has 0 fully saturated rings. The summed E-state index contributed by atoms with van der Waals surface area (Å²) in [6.45, 7) is 3.78. The Hall–Kier alpha value is -1.61. The highest BCUT2D eigenvalue weighted by molar-refractivity contribution is 6.24. The molecule has 0 amide bonds. The number of imidazole rings is 1. The molecular formula is C13H17N2Si+. The standard InChI is InChI=1S/C13H16N2Si/c1-2-6-13-14-9-10-15(13)16-11-12-7-4-3-5-8-12/h2-5,7-10H,1,6,11,16H2/p+1. The van der Waals surface area contributed by atoms with Crippen LogP contribution in [0.2, 0.25) is 0 Å². The van der Waals surface area contributed by atoms with Crippen LogP contribution in [0.15, 0.2) is 55.4 Å². The summed E-state index contributed by atoms with van der Waals surface area (Å²) in [7, 11) is -0.279. The van der Waals surface area contributed by atoms with Gasteiger partial charge in [0.1, 0.15) is 12.4 Å². The van der Waals surface area contributed by atoms with Crippen molar-refractivity contribution in [1.29, 1.82) is 0 Å². The van der Waals surface area contributed by atoms with Gasteiger partial charge in [-0.25, -0.2) is 4.98 Å². The van der Waals surface area contributed by atoms with Gasteiger partial charge in [-0.1, -0.05) is 36.4 Å². The predicted octanol–water partition coefficient (Wildman–Crippen LogP) is 1.16. The van der Waals surface area contributed by atoms with Crippen LogP contribution in [0, 0.1) is 0 Å². The van der Waals surface area contributed by atoms with Gasteiger partial charge in [-0.05, 0) is 5.56 Å². The third-order valence-corrected chi connectivity index (χ3v) is 4.55. The summed E-state index contributed by atoms with van der Waals surface area (Å²) >= 11 is 0. The summed E-state index contributed by atoms with van der Waals surface area (Å²) in [6, 6.07) is 11.9. The first-order chi connectivity index (χ1) is 7.90. The fourth-order valence-corrected chi connectivity index (χ4v) is 3.39. The van der Waals surface area contributed by atoms with Crippen LogP contribution >= 0.6 is 0 Å². The van der Waals surface area contributed by atoms with Gasteiger partial charge in [0, 0.05) is 6.04 Å². The van der Waals surface area contributed by atoms with Crippen molar-refractivity contribution in [2.75, 3.05) is 0 Å². The highest BCUT2D eigenvalue weighted by Crippen LogP contribution is 1.98. The maximum atomic E-state index is 3.78. The number of H-pyrrole nitrogens is 1. The highest BCUT2D eigenvalue weighted by atomic mass is 28.2. The van der Waals surface area contributed by atoms with Crippen LogP contribution in [0.1, 0.15) is 11.4 Å². The van der Waals surface area contributed by atoms with Crippen molar-refractivity contribution in [3.05, 3.63) is 66.8 Å². The van der Waals surface area contributed by atoms with Gasteiger partial charge in [-0.15, -0.1) is 6.58 Å². The largest absolute Gasteiger partial charge is 0.290 e. The van der Waals surface area contributed by atoms with Crippen molar-refractivity contribution in [2.24, 2.45) is 0 Å². The second-order valence-corrected chi connectivity index (χ2v) is 5.46. The molecule has 16 heavy (non-hydrogen) atoms. The van der Waals surface area contributed by atoms with Crippen LogP contribution in [-0.2, 0) is 12.5 Å². The number of benzene rings is 1. The second kappa shape index (κ2) is 5.46. The van der Waals surface area contributed by atoms with Crippen LogP contribution in [-0.4, -0.2) is 14.7 Å². The van der Waals surface area contributed by atoms with E-state index >= 15 is 0 Å². The Morgan fingerprint density at radius 3 is 2.88 bits per heavy atom. The Morgan fingerprint density at radius 2 is 2.12 bits per heavy atom. The summed E-state index contributed by atoms with van der Waals surface area (Å²) in [6.07, 6.45) is 7.03. The zero-order valence-electron chi connectivity index (χ0n) is 9.39. The molecule has 0 saturated heterocycles. The Morgan fingerprint density at radius 1 is 1.31 bits per heavy atom. The van der Waals surface area contributed by atoms with E-state index in [0.717, 1.165) is 6.42 Å². The maximum absolute atomic E-state index is 3.78. The molecule has 2 rings (SSSR count). The first kappa shape index (κ1) is 10.9. The third-order valence-electron chi connectivity index (χ3n) is 2.67. The van der Waals surface area contributed by atoms with Crippen LogP contribution in [0.3, 0.4) is 0 Å². The van der Waals surface area contributed by atoms with E-state index in [1.807, 2.05) is 12.3 Å². The predicted molar refractivity (Wildman–Crippen MR) is 69.0 cm³/mol. The molecule has 0 unspecified atom stereocenters. The summed E-state index contributed by atoms with van der Waals surface area (Å²) in [5.41, 5.74) is 1.44. The lowest BCUT2D eigenvalue weighted by Crippen LogP contribution is -2.43. The molecule has 0 spiro atoms. The van der Waals surface area contributed by atoms with Gasteiger partial charge < -0.3 is 0 Å². The number of hydrogen-bond donors (Lipinski definition) is 1. The zero-order valence-corrected chi connectivity index (χ0v) is 10.8. The van der Waals surface area contributed by atoms with Crippen LogP contribution in [0.5, 0.6) is 0 Å². The minimum Gasteiger partial charge on any atom is -0.290 e. The number of nitrogens with one attached hydrogen (secondary N) is 1. The van der Waals surface area contributed by atoms with Crippen molar-refractivity contribution >= 4 is 9.68 Å². The summed E-state index contributed by atoms with van der Waals surface area (Å²) in [5, 5.41) is 0. The molecule has 1 heterocycles. The second-order valence-electron chi connectivity index (χ2n) is 3.83. The average molecular weight is 229 g/mol. The molecule has 0 aliphatic carbocycles. The van der Waals surface area contributed by atoms with E-state index < -0.39 is 0 Å². The van der Waals surface area contributed by atoms with E-state index in [1.165, 1.54) is 17.4 Å². The van der Waals surface area contributed by atoms with Crippen LogP contribution < -0.4 is 4.23 Å². The van der Waals surface area contributed by atoms with Crippen LogP contribution in [0.4, 0.5) is 0 Å². The third kappa shape index (κ3) is 2.70. The smallest absolute Gasteiger partial charge is 0.243 e. The minimum atomic E-state index is -0.279. The van der Waals surface area contributed by atoms with E-state index in [-0.39, 0.29) is 9.68 Å². The Balaban J connectivity index is 1.99. The van der Waals surface area contributed by atoms with Gasteiger partial charge in [-0.3, -0.25) is 4.23 Å². The summed E-state index contributed by atoms with van der Waals surface area (Å²) < 4.78 is 2.38. The van der Waals surface area contributed by atoms with Crippen molar-refractivity contribution in [3.8, 4) is 0 Å². The van der Waals surface area contributed by atoms with Gasteiger partial charge in [0.2, 0.25) is 15.5 Å². The molecule has 2 aromatic rings. The van der Waals surface area contributed by atoms with Gasteiger partial charge in [0.25, 0.3) is 0 Å². The van der Waals surface area contributed by atoms with Crippen molar-refractivity contribution in [3.63, 3.8) is 0 Å². The highest BCUT2D eigenvalue weighted by Gasteiger charge is 2.08. The zero-order chi connectivity index (χ0) is 11.2. The van der Waals surface area contributed by atoms with Crippen molar-refractivity contribution in [1.82, 2.24) is 4.98 Å². The molecule has 0 bridgehead atoms. The molecule has 0 atom stereocenters. The lowest BCUT2D eigenvalue weighted by Gasteiger charge is -1.99. The first-order valence-corrected chi connectivity index (χ1v) is 7.24. The number of hydrogen-bond acceptors (Lipinski definition) is 0. The average Bonchev–Trinajstić information content (AvgIpc) is 2.76. The quantitative estimate of drug-likeness (QED) is 0.586. The normalized spacial score (nSPS) is 11.0. The molecule has 0 aliphatic heterocycles. The van der Waals surface area contributed by atoms with E-state index in [9.17, 15) is 0 Å². The van der Waals surface area contributed by atoms with E-state index in [4.69, 9.17) is 0 Å². The van der Waals surface area contributed by atoms with E-state index in [0.29, 0.717) is 0 Å². The maximum Gasteiger partial charge on any atom is 0.243 e.